The number of phenolic OH excluding ortho intramolecular Hbond substituents is 1. The predicted molar refractivity (Wildman–Crippen MR) is 211 cm³/mol. The number of H-pyrrole nitrogens is 1. The highest BCUT2D eigenvalue weighted by molar-refractivity contribution is 5.93. The Labute approximate surface area is 328 Å². The van der Waals surface area contributed by atoms with Gasteiger partial charge < -0.3 is 47.1 Å². The molecule has 1 saturated heterocycles. The Bertz CT molecular complexity index is 1700. The normalized spacial score (nSPS) is 16.7. The molecular weight excluding hydrogens is 716 g/mol. The number of aromatic nitrogens is 2. The highest BCUT2D eigenvalue weighted by Gasteiger charge is 2.39. The first-order chi connectivity index (χ1) is 26.8. The van der Waals surface area contributed by atoms with Crippen LogP contribution < -0.4 is 27.0 Å². The number of rotatable bonds is 22. The Morgan fingerprint density at radius 1 is 0.911 bits per heavy atom. The lowest BCUT2D eigenvalue weighted by molar-refractivity contribution is -0.144. The van der Waals surface area contributed by atoms with Crippen LogP contribution in [-0.4, -0.2) is 104 Å². The summed E-state index contributed by atoms with van der Waals surface area (Å²) in [5, 5.41) is 31.7. The number of phenols is 1. The molecule has 6 atom stereocenters. The third kappa shape index (κ3) is 13.5. The second kappa shape index (κ2) is 21.7. The summed E-state index contributed by atoms with van der Waals surface area (Å²) in [5.74, 6) is -2.64. The van der Waals surface area contributed by atoms with Gasteiger partial charge in [0.25, 0.3) is 0 Å². The lowest BCUT2D eigenvalue weighted by Crippen LogP contribution is -2.58. The van der Waals surface area contributed by atoms with E-state index in [0.29, 0.717) is 37.9 Å². The van der Waals surface area contributed by atoms with Gasteiger partial charge in [0.05, 0.1) is 18.4 Å². The molecule has 304 valence electrons. The van der Waals surface area contributed by atoms with E-state index in [1.165, 1.54) is 23.4 Å². The van der Waals surface area contributed by atoms with Crippen molar-refractivity contribution >= 4 is 29.6 Å². The van der Waals surface area contributed by atoms with Gasteiger partial charge in [0.15, 0.2) is 0 Å². The van der Waals surface area contributed by atoms with E-state index >= 15 is 0 Å². The molecule has 2 heterocycles. The number of benzene rings is 2. The number of hydrogen-bond donors (Lipinski definition) is 8. The van der Waals surface area contributed by atoms with Crippen molar-refractivity contribution < 1.29 is 34.2 Å². The van der Waals surface area contributed by atoms with Crippen molar-refractivity contribution in [2.75, 3.05) is 13.1 Å². The highest BCUT2D eigenvalue weighted by Crippen LogP contribution is 2.21. The molecule has 15 heteroatoms. The highest BCUT2D eigenvalue weighted by atomic mass is 16.4. The largest absolute Gasteiger partial charge is 0.508 e. The summed E-state index contributed by atoms with van der Waals surface area (Å²) in [6.07, 6.45) is 7.23. The van der Waals surface area contributed by atoms with Crippen LogP contribution in [0.4, 0.5) is 0 Å². The number of likely N-dealkylation sites (tertiary alicyclic amines) is 1. The zero-order chi connectivity index (χ0) is 40.6. The summed E-state index contributed by atoms with van der Waals surface area (Å²) < 4.78 is 0. The number of aromatic amines is 1. The van der Waals surface area contributed by atoms with Crippen LogP contribution in [0.15, 0.2) is 67.1 Å². The predicted octanol–water partition coefficient (Wildman–Crippen LogP) is 2.20. The van der Waals surface area contributed by atoms with E-state index in [2.05, 4.69) is 31.2 Å². The van der Waals surface area contributed by atoms with E-state index in [1.807, 2.05) is 26.8 Å². The average molecular weight is 775 g/mol. The monoisotopic (exact) mass is 774 g/mol. The van der Waals surface area contributed by atoms with E-state index in [1.54, 1.807) is 42.6 Å². The summed E-state index contributed by atoms with van der Waals surface area (Å²) in [5.41, 5.74) is 8.34. The minimum Gasteiger partial charge on any atom is -0.508 e. The van der Waals surface area contributed by atoms with Gasteiger partial charge in [0.2, 0.25) is 23.6 Å². The minimum absolute atomic E-state index is 0.0797. The molecule has 4 rings (SSSR count). The maximum atomic E-state index is 14.3. The average Bonchev–Trinajstić information content (AvgIpc) is 3.88. The Hall–Kier alpha value is -5.28. The maximum Gasteiger partial charge on any atom is 0.326 e. The number of carboxylic acids is 1. The molecule has 9 N–H and O–H groups in total. The number of unbranched alkanes of at least 4 members (excludes halogenated alkanes) is 1. The lowest BCUT2D eigenvalue weighted by atomic mass is 10.00. The van der Waals surface area contributed by atoms with Crippen molar-refractivity contribution in [3.63, 3.8) is 0 Å². The molecule has 3 aromatic rings. The van der Waals surface area contributed by atoms with E-state index in [4.69, 9.17) is 5.73 Å². The molecule has 1 aliphatic heterocycles. The van der Waals surface area contributed by atoms with Crippen molar-refractivity contribution in [1.29, 1.82) is 0 Å². The fourth-order valence-corrected chi connectivity index (χ4v) is 6.94. The summed E-state index contributed by atoms with van der Waals surface area (Å²) in [6, 6.07) is 10.4. The molecule has 1 aliphatic rings. The molecule has 0 aliphatic carbocycles. The van der Waals surface area contributed by atoms with Crippen molar-refractivity contribution in [2.45, 2.75) is 115 Å². The van der Waals surface area contributed by atoms with Gasteiger partial charge in [-0.25, -0.2) is 9.78 Å². The summed E-state index contributed by atoms with van der Waals surface area (Å²) in [4.78, 5) is 75.8. The number of carboxylic acid groups (broad SMARTS) is 1. The van der Waals surface area contributed by atoms with Crippen LogP contribution in [0.1, 0.15) is 76.1 Å². The third-order valence-corrected chi connectivity index (χ3v) is 9.94. The van der Waals surface area contributed by atoms with Crippen LogP contribution in [0, 0.1) is 5.92 Å². The van der Waals surface area contributed by atoms with Gasteiger partial charge in [-0.05, 0) is 54.9 Å². The van der Waals surface area contributed by atoms with Gasteiger partial charge in [-0.1, -0.05) is 76.1 Å². The first-order valence-electron chi connectivity index (χ1n) is 19.6. The SMILES string of the molecule is CCCCC(N)C(=O)NC(Cc1ccc(O)cc1)C(=O)NC(CNC(Cc1cnc[nH]1)C(=O)N1CCCC1C(=O)NC(Cc1ccccc1)C(=O)O)CC(C)C. The summed E-state index contributed by atoms with van der Waals surface area (Å²) in [6.45, 7) is 6.55. The molecule has 0 bridgehead atoms. The number of aromatic hydroxyl groups is 1. The van der Waals surface area contributed by atoms with Crippen molar-refractivity contribution in [3.8, 4) is 5.75 Å². The van der Waals surface area contributed by atoms with Crippen molar-refractivity contribution in [2.24, 2.45) is 11.7 Å². The van der Waals surface area contributed by atoms with Gasteiger partial charge in [-0.15, -0.1) is 0 Å². The first kappa shape index (κ1) is 43.4. The molecule has 0 radical (unpaired) electrons. The van der Waals surface area contributed by atoms with Crippen molar-refractivity contribution in [3.05, 3.63) is 83.9 Å². The zero-order valence-electron chi connectivity index (χ0n) is 32.6. The van der Waals surface area contributed by atoms with Crippen LogP contribution in [-0.2, 0) is 43.2 Å². The number of imidazole rings is 1. The number of carbonyl (C=O) groups excluding carboxylic acids is 4. The van der Waals surface area contributed by atoms with Crippen LogP contribution in [0.2, 0.25) is 0 Å². The second-order valence-corrected chi connectivity index (χ2v) is 15.0. The van der Waals surface area contributed by atoms with Crippen molar-refractivity contribution in [1.82, 2.24) is 36.1 Å². The van der Waals surface area contributed by atoms with E-state index in [-0.39, 0.29) is 43.4 Å². The Morgan fingerprint density at radius 3 is 2.25 bits per heavy atom. The lowest BCUT2D eigenvalue weighted by Gasteiger charge is -2.31. The Kier molecular flexibility index (Phi) is 16.8. The third-order valence-electron chi connectivity index (χ3n) is 9.94. The molecule has 2 aromatic carbocycles. The van der Waals surface area contributed by atoms with E-state index in [9.17, 15) is 34.2 Å². The molecule has 15 nitrogen and oxygen atoms in total. The minimum atomic E-state index is -1.17. The number of nitrogens with two attached hydrogens (primary N) is 1. The first-order valence-corrected chi connectivity index (χ1v) is 19.6. The molecule has 0 spiro atoms. The number of aliphatic carboxylic acids is 1. The number of hydrogen-bond acceptors (Lipinski definition) is 9. The molecular formula is C41H58N8O7. The fourth-order valence-electron chi connectivity index (χ4n) is 6.94. The molecule has 1 fully saturated rings. The van der Waals surface area contributed by atoms with E-state index in [0.717, 1.165) is 24.0 Å². The molecule has 4 amide bonds. The zero-order valence-corrected chi connectivity index (χ0v) is 32.6. The number of nitrogens with zero attached hydrogens (tertiary/aromatic N) is 2. The smallest absolute Gasteiger partial charge is 0.326 e. The van der Waals surface area contributed by atoms with Gasteiger partial charge in [-0.3, -0.25) is 19.2 Å². The van der Waals surface area contributed by atoms with Gasteiger partial charge >= 0.3 is 5.97 Å². The molecule has 6 unspecified atom stereocenters. The maximum absolute atomic E-state index is 14.3. The second-order valence-electron chi connectivity index (χ2n) is 15.0. The summed E-state index contributed by atoms with van der Waals surface area (Å²) in [7, 11) is 0. The number of nitrogens with one attached hydrogen (secondary N) is 5. The van der Waals surface area contributed by atoms with Crippen LogP contribution in [0.25, 0.3) is 0 Å². The Morgan fingerprint density at radius 2 is 1.61 bits per heavy atom. The topological polar surface area (TPSA) is 232 Å². The van der Waals surface area contributed by atoms with Crippen LogP contribution in [0.3, 0.4) is 0 Å². The summed E-state index contributed by atoms with van der Waals surface area (Å²) >= 11 is 0. The standard InChI is InChI=1S/C41H58N8O7/c1-4-5-12-32(42)37(51)47-33(20-28-14-16-31(50)17-15-28)38(52)46-30(19-26(2)3)24-44-34(22-29-23-43-25-45-29)40(54)49-18-9-13-36(49)39(53)48-35(41(55)56)21-27-10-7-6-8-11-27/h6-8,10-11,14-17,23,25-26,30,32-36,44,50H,4-5,9,12-13,18-22,24,42H2,1-3H3,(H,43,45)(H,46,52)(H,47,51)(H,48,53)(H,55,56). The van der Waals surface area contributed by atoms with Crippen LogP contribution >= 0.6 is 0 Å². The molecule has 0 saturated carbocycles. The van der Waals surface area contributed by atoms with Gasteiger partial charge in [-0.2, -0.15) is 0 Å². The molecule has 56 heavy (non-hydrogen) atoms. The van der Waals surface area contributed by atoms with Gasteiger partial charge in [0, 0.05) is 50.3 Å². The van der Waals surface area contributed by atoms with E-state index < -0.39 is 59.9 Å². The Balaban J connectivity index is 1.49. The number of carbonyl (C=O) groups is 5. The quantitative estimate of drug-likeness (QED) is 0.0742. The molecule has 1 aromatic heterocycles. The number of amides is 4. The van der Waals surface area contributed by atoms with Crippen LogP contribution in [0.5, 0.6) is 5.75 Å². The van der Waals surface area contributed by atoms with Gasteiger partial charge in [0.1, 0.15) is 23.9 Å². The fraction of sp³-hybridized carbons (Fsp3) is 0.512.